The Kier molecular flexibility index (Phi) is 4.17. The molecule has 0 aromatic heterocycles. The first-order valence-electron chi connectivity index (χ1n) is 8.37. The van der Waals surface area contributed by atoms with Crippen LogP contribution in [0.3, 0.4) is 0 Å². The van der Waals surface area contributed by atoms with E-state index in [4.69, 9.17) is 4.84 Å². The molecule has 2 fully saturated rings. The average Bonchev–Trinajstić information content (AvgIpc) is 2.73. The third kappa shape index (κ3) is 3.74. The van der Waals surface area contributed by atoms with Gasteiger partial charge in [0.15, 0.2) is 6.61 Å². The molecule has 1 heterocycles. The van der Waals surface area contributed by atoms with E-state index >= 15 is 0 Å². The lowest BCUT2D eigenvalue weighted by Gasteiger charge is -2.39. The van der Waals surface area contributed by atoms with Gasteiger partial charge in [-0.2, -0.15) is 0 Å². The zero-order valence-electron chi connectivity index (χ0n) is 14.3. The van der Waals surface area contributed by atoms with Crippen molar-refractivity contribution in [3.05, 3.63) is 35.9 Å². The number of nitrogens with zero attached hydrogens (tertiary/aromatic N) is 2. The van der Waals surface area contributed by atoms with Gasteiger partial charge in [-0.15, -0.1) is 0 Å². The Bertz CT molecular complexity index is 597. The van der Waals surface area contributed by atoms with E-state index in [9.17, 15) is 4.79 Å². The van der Waals surface area contributed by atoms with Crippen LogP contribution in [0.25, 0.3) is 0 Å². The van der Waals surface area contributed by atoms with Crippen LogP contribution in [0.2, 0.25) is 0 Å². The molecule has 1 saturated heterocycles. The third-order valence-electron chi connectivity index (χ3n) is 5.00. The van der Waals surface area contributed by atoms with Crippen molar-refractivity contribution in [2.24, 2.45) is 16.0 Å². The Hall–Kier alpha value is -1.84. The molecule has 1 amide bonds. The van der Waals surface area contributed by atoms with E-state index in [-0.39, 0.29) is 17.9 Å². The molecule has 1 aliphatic carbocycles. The second-order valence-electron chi connectivity index (χ2n) is 8.15. The zero-order valence-corrected chi connectivity index (χ0v) is 14.3. The van der Waals surface area contributed by atoms with Crippen LogP contribution in [0.1, 0.15) is 45.6 Å². The van der Waals surface area contributed by atoms with Gasteiger partial charge in [-0.1, -0.05) is 56.3 Å². The minimum absolute atomic E-state index is 0.0241. The Morgan fingerprint density at radius 2 is 2.04 bits per heavy atom. The average molecular weight is 314 g/mol. The van der Waals surface area contributed by atoms with E-state index in [1.165, 1.54) is 6.42 Å². The minimum Gasteiger partial charge on any atom is -0.386 e. The monoisotopic (exact) mass is 314 g/mol. The Labute approximate surface area is 138 Å². The molecule has 3 rings (SSSR count). The summed E-state index contributed by atoms with van der Waals surface area (Å²) >= 11 is 0. The summed E-state index contributed by atoms with van der Waals surface area (Å²) in [6.07, 6.45) is 5.03. The predicted molar refractivity (Wildman–Crippen MR) is 91.2 cm³/mol. The number of rotatable bonds is 4. The van der Waals surface area contributed by atoms with Gasteiger partial charge in [0, 0.05) is 12.6 Å². The third-order valence-corrected chi connectivity index (χ3v) is 5.00. The first-order chi connectivity index (χ1) is 10.9. The lowest BCUT2D eigenvalue weighted by atomic mass is 9.65. The first-order valence-corrected chi connectivity index (χ1v) is 8.37. The van der Waals surface area contributed by atoms with Crippen molar-refractivity contribution in [3.63, 3.8) is 0 Å². The van der Waals surface area contributed by atoms with E-state index in [0.717, 1.165) is 24.9 Å². The first kappa shape index (κ1) is 16.0. The summed E-state index contributed by atoms with van der Waals surface area (Å²) in [5.41, 5.74) is 1.54. The zero-order chi connectivity index (χ0) is 16.5. The van der Waals surface area contributed by atoms with Gasteiger partial charge in [-0.05, 0) is 35.7 Å². The largest absolute Gasteiger partial charge is 0.386 e. The van der Waals surface area contributed by atoms with Crippen LogP contribution in [0.15, 0.2) is 35.5 Å². The van der Waals surface area contributed by atoms with Gasteiger partial charge in [0.05, 0.1) is 6.21 Å². The fourth-order valence-corrected chi connectivity index (χ4v) is 4.56. The Balaban J connectivity index is 1.54. The van der Waals surface area contributed by atoms with Gasteiger partial charge < -0.3 is 9.74 Å². The Morgan fingerprint density at radius 1 is 1.30 bits per heavy atom. The molecule has 0 N–H and O–H groups in total. The van der Waals surface area contributed by atoms with Crippen LogP contribution in [0.4, 0.5) is 0 Å². The van der Waals surface area contributed by atoms with Crippen molar-refractivity contribution in [1.29, 1.82) is 0 Å². The topological polar surface area (TPSA) is 41.9 Å². The number of likely N-dealkylation sites (tertiary alicyclic amines) is 1. The van der Waals surface area contributed by atoms with E-state index in [1.807, 2.05) is 35.2 Å². The van der Waals surface area contributed by atoms with E-state index < -0.39 is 0 Å². The van der Waals surface area contributed by atoms with E-state index in [0.29, 0.717) is 11.5 Å². The molecule has 4 nitrogen and oxygen atoms in total. The summed E-state index contributed by atoms with van der Waals surface area (Å²) in [6, 6.07) is 10.1. The number of fused-ring (bicyclic) bond motifs is 2. The van der Waals surface area contributed by atoms with Gasteiger partial charge in [0.25, 0.3) is 5.91 Å². The van der Waals surface area contributed by atoms with Crippen molar-refractivity contribution in [1.82, 2.24) is 4.90 Å². The molecule has 1 aromatic carbocycles. The maximum absolute atomic E-state index is 12.5. The van der Waals surface area contributed by atoms with Crippen LogP contribution in [0, 0.1) is 10.8 Å². The lowest BCUT2D eigenvalue weighted by molar-refractivity contribution is -0.137. The summed E-state index contributed by atoms with van der Waals surface area (Å²) in [7, 11) is 0. The summed E-state index contributed by atoms with van der Waals surface area (Å²) in [6.45, 7) is 7.81. The second-order valence-corrected chi connectivity index (χ2v) is 8.15. The summed E-state index contributed by atoms with van der Waals surface area (Å²) in [5.74, 6) is 0.0571. The number of carbonyl (C=O) groups excluding carboxylic acids is 1. The van der Waals surface area contributed by atoms with E-state index in [2.05, 4.69) is 25.9 Å². The highest BCUT2D eigenvalue weighted by Gasteiger charge is 2.50. The normalized spacial score (nSPS) is 29.0. The van der Waals surface area contributed by atoms with Crippen molar-refractivity contribution in [3.8, 4) is 0 Å². The van der Waals surface area contributed by atoms with Crippen LogP contribution < -0.4 is 0 Å². The standard InChI is InChI=1S/C19H26N2O2/c1-18(2)9-16-10-19(3,13-18)14-21(16)17(22)12-23-20-11-15-7-5-4-6-8-15/h4-8,11,16H,9-10,12-14H2,1-3H3/b20-11-/t16-,19-/m0/s1. The lowest BCUT2D eigenvalue weighted by Crippen LogP contribution is -2.39. The highest BCUT2D eigenvalue weighted by atomic mass is 16.6. The molecule has 2 bridgehead atoms. The molecule has 0 unspecified atom stereocenters. The number of hydrogen-bond acceptors (Lipinski definition) is 3. The number of benzene rings is 1. The molecule has 124 valence electrons. The molecule has 2 aliphatic rings. The molecule has 0 radical (unpaired) electrons. The summed E-state index contributed by atoms with van der Waals surface area (Å²) < 4.78 is 0. The molecule has 4 heteroatoms. The number of carbonyl (C=O) groups is 1. The fourth-order valence-electron chi connectivity index (χ4n) is 4.56. The van der Waals surface area contributed by atoms with Crippen molar-refractivity contribution < 1.29 is 9.63 Å². The Morgan fingerprint density at radius 3 is 2.78 bits per heavy atom. The molecular formula is C19H26N2O2. The van der Waals surface area contributed by atoms with Crippen molar-refractivity contribution in [2.75, 3.05) is 13.2 Å². The molecule has 0 spiro atoms. The highest BCUT2D eigenvalue weighted by molar-refractivity contribution is 5.80. The van der Waals surface area contributed by atoms with Crippen LogP contribution in [-0.2, 0) is 9.63 Å². The molecule has 1 aromatic rings. The molecule has 1 aliphatic heterocycles. The number of hydrogen-bond donors (Lipinski definition) is 0. The molecule has 2 atom stereocenters. The summed E-state index contributed by atoms with van der Waals surface area (Å²) in [5, 5.41) is 3.91. The van der Waals surface area contributed by atoms with Crippen molar-refractivity contribution >= 4 is 12.1 Å². The van der Waals surface area contributed by atoms with Gasteiger partial charge in [0.2, 0.25) is 0 Å². The highest BCUT2D eigenvalue weighted by Crippen LogP contribution is 2.52. The van der Waals surface area contributed by atoms with E-state index in [1.54, 1.807) is 6.21 Å². The molecular weight excluding hydrogens is 288 g/mol. The molecule has 1 saturated carbocycles. The predicted octanol–water partition coefficient (Wildman–Crippen LogP) is 3.46. The smallest absolute Gasteiger partial charge is 0.263 e. The maximum atomic E-state index is 12.5. The number of oxime groups is 1. The fraction of sp³-hybridized carbons (Fsp3) is 0.579. The number of amides is 1. The van der Waals surface area contributed by atoms with Crippen LogP contribution in [-0.4, -0.2) is 36.2 Å². The molecule has 23 heavy (non-hydrogen) atoms. The van der Waals surface area contributed by atoms with Gasteiger partial charge >= 0.3 is 0 Å². The van der Waals surface area contributed by atoms with Crippen molar-refractivity contribution in [2.45, 2.75) is 46.1 Å². The van der Waals surface area contributed by atoms with Gasteiger partial charge in [0.1, 0.15) is 0 Å². The minimum atomic E-state index is 0.0241. The van der Waals surface area contributed by atoms with Gasteiger partial charge in [-0.25, -0.2) is 0 Å². The van der Waals surface area contributed by atoms with Gasteiger partial charge in [-0.3, -0.25) is 4.79 Å². The quantitative estimate of drug-likeness (QED) is 0.631. The SMILES string of the molecule is CC1(C)C[C@H]2C[C@](C)(CN2C(=O)CO/N=C\c2ccccc2)C1. The summed E-state index contributed by atoms with van der Waals surface area (Å²) in [4.78, 5) is 19.7. The van der Waals surface area contributed by atoms with Crippen LogP contribution >= 0.6 is 0 Å². The van der Waals surface area contributed by atoms with Crippen LogP contribution in [0.5, 0.6) is 0 Å². The second kappa shape index (κ2) is 5.99. The maximum Gasteiger partial charge on any atom is 0.263 e.